The standard InChI is InChI=1S/C17H26N4O3/c22-14(20-7-3-12-9-18-10-13(12)4-8-20)11-21-15(23)17(19-16(21)24)5-1-2-6-17/h12-13,18H,1-11H2,(H,19,24)/t12-,13+. The van der Waals surface area contributed by atoms with Crippen LogP contribution in [0.25, 0.3) is 0 Å². The zero-order chi connectivity index (χ0) is 16.7. The molecule has 3 saturated heterocycles. The van der Waals surface area contributed by atoms with Crippen molar-refractivity contribution in [1.29, 1.82) is 0 Å². The summed E-state index contributed by atoms with van der Waals surface area (Å²) in [5, 5.41) is 6.27. The number of imide groups is 1. The molecule has 4 fully saturated rings. The predicted octanol–water partition coefficient (Wildman–Crippen LogP) is 0.309. The van der Waals surface area contributed by atoms with Gasteiger partial charge in [-0.15, -0.1) is 0 Å². The molecule has 1 spiro atoms. The molecule has 0 unspecified atom stereocenters. The van der Waals surface area contributed by atoms with Crippen LogP contribution in [-0.4, -0.2) is 65.9 Å². The van der Waals surface area contributed by atoms with E-state index in [0.29, 0.717) is 24.7 Å². The van der Waals surface area contributed by atoms with Crippen molar-refractivity contribution < 1.29 is 14.4 Å². The van der Waals surface area contributed by atoms with Crippen LogP contribution < -0.4 is 10.6 Å². The van der Waals surface area contributed by atoms with Crippen LogP contribution in [0.4, 0.5) is 4.79 Å². The molecule has 4 aliphatic rings. The number of amides is 4. The number of likely N-dealkylation sites (tertiary alicyclic amines) is 1. The molecule has 0 aromatic rings. The summed E-state index contributed by atoms with van der Waals surface area (Å²) in [4.78, 5) is 40.5. The average Bonchev–Trinajstić information content (AvgIpc) is 3.23. The highest BCUT2D eigenvalue weighted by molar-refractivity contribution is 6.09. The zero-order valence-electron chi connectivity index (χ0n) is 14.1. The van der Waals surface area contributed by atoms with E-state index < -0.39 is 11.6 Å². The van der Waals surface area contributed by atoms with Gasteiger partial charge in [0.25, 0.3) is 5.91 Å². The van der Waals surface area contributed by atoms with Crippen LogP contribution in [0.1, 0.15) is 38.5 Å². The van der Waals surface area contributed by atoms with Crippen molar-refractivity contribution in [3.8, 4) is 0 Å². The normalized spacial score (nSPS) is 32.2. The molecular weight excluding hydrogens is 308 g/mol. The van der Waals surface area contributed by atoms with Gasteiger partial charge in [0.15, 0.2) is 0 Å². The summed E-state index contributed by atoms with van der Waals surface area (Å²) in [5.74, 6) is 1.01. The van der Waals surface area contributed by atoms with Gasteiger partial charge in [0.1, 0.15) is 12.1 Å². The van der Waals surface area contributed by atoms with Crippen molar-refractivity contribution in [3.05, 3.63) is 0 Å². The number of nitrogens with zero attached hydrogens (tertiary/aromatic N) is 2. The van der Waals surface area contributed by atoms with Crippen molar-refractivity contribution in [2.24, 2.45) is 11.8 Å². The summed E-state index contributed by atoms with van der Waals surface area (Å²) < 4.78 is 0. The molecule has 7 heteroatoms. The van der Waals surface area contributed by atoms with Gasteiger partial charge in [-0.1, -0.05) is 12.8 Å². The Morgan fingerprint density at radius 1 is 1.08 bits per heavy atom. The molecule has 1 aliphatic carbocycles. The third kappa shape index (κ3) is 2.59. The van der Waals surface area contributed by atoms with Crippen molar-refractivity contribution in [2.75, 3.05) is 32.7 Å². The molecule has 0 bridgehead atoms. The molecule has 0 aromatic heterocycles. The van der Waals surface area contributed by atoms with Crippen LogP contribution in [0.5, 0.6) is 0 Å². The maximum atomic E-state index is 12.7. The van der Waals surface area contributed by atoms with Crippen molar-refractivity contribution in [1.82, 2.24) is 20.4 Å². The predicted molar refractivity (Wildman–Crippen MR) is 87.1 cm³/mol. The number of hydrogen-bond donors (Lipinski definition) is 2. The number of nitrogens with one attached hydrogen (secondary N) is 2. The van der Waals surface area contributed by atoms with E-state index in [2.05, 4.69) is 10.6 Å². The molecule has 3 aliphatic heterocycles. The van der Waals surface area contributed by atoms with E-state index in [9.17, 15) is 14.4 Å². The minimum atomic E-state index is -0.723. The van der Waals surface area contributed by atoms with Gasteiger partial charge in [0, 0.05) is 13.1 Å². The molecule has 0 aromatic carbocycles. The van der Waals surface area contributed by atoms with E-state index >= 15 is 0 Å². The molecule has 2 N–H and O–H groups in total. The summed E-state index contributed by atoms with van der Waals surface area (Å²) in [7, 11) is 0. The molecule has 24 heavy (non-hydrogen) atoms. The van der Waals surface area contributed by atoms with Crippen LogP contribution >= 0.6 is 0 Å². The lowest BCUT2D eigenvalue weighted by Crippen LogP contribution is -2.46. The first-order valence-corrected chi connectivity index (χ1v) is 9.22. The highest BCUT2D eigenvalue weighted by Gasteiger charge is 2.52. The van der Waals surface area contributed by atoms with Crippen molar-refractivity contribution in [3.63, 3.8) is 0 Å². The first-order chi connectivity index (χ1) is 11.6. The van der Waals surface area contributed by atoms with Gasteiger partial charge in [0.05, 0.1) is 0 Å². The van der Waals surface area contributed by atoms with E-state index in [1.165, 1.54) is 0 Å². The van der Waals surface area contributed by atoms with Crippen LogP contribution in [-0.2, 0) is 9.59 Å². The highest BCUT2D eigenvalue weighted by atomic mass is 16.2. The van der Waals surface area contributed by atoms with E-state index in [1.54, 1.807) is 0 Å². The third-order valence-electron chi connectivity index (χ3n) is 6.37. The average molecular weight is 334 g/mol. The second-order valence-electron chi connectivity index (χ2n) is 7.75. The molecule has 4 rings (SSSR count). The van der Waals surface area contributed by atoms with Gasteiger partial charge in [-0.05, 0) is 50.6 Å². The number of carbonyl (C=O) groups excluding carboxylic acids is 3. The summed E-state index contributed by atoms with van der Waals surface area (Å²) in [6.07, 6.45) is 5.32. The summed E-state index contributed by atoms with van der Waals surface area (Å²) in [5.41, 5.74) is -0.723. The molecule has 4 amide bonds. The summed E-state index contributed by atoms with van der Waals surface area (Å²) in [6, 6.07) is -0.397. The van der Waals surface area contributed by atoms with Gasteiger partial charge >= 0.3 is 6.03 Å². The Labute approximate surface area is 142 Å². The maximum absolute atomic E-state index is 12.7. The molecule has 1 saturated carbocycles. The minimum Gasteiger partial charge on any atom is -0.341 e. The van der Waals surface area contributed by atoms with Crippen LogP contribution in [0.15, 0.2) is 0 Å². The van der Waals surface area contributed by atoms with Gasteiger partial charge < -0.3 is 15.5 Å². The lowest BCUT2D eigenvalue weighted by molar-refractivity contribution is -0.139. The molecular formula is C17H26N4O3. The maximum Gasteiger partial charge on any atom is 0.325 e. The van der Waals surface area contributed by atoms with Crippen molar-refractivity contribution in [2.45, 2.75) is 44.1 Å². The Balaban J connectivity index is 1.39. The number of urea groups is 1. The lowest BCUT2D eigenvalue weighted by atomic mass is 9.92. The Hall–Kier alpha value is -1.63. The molecule has 2 atom stereocenters. The largest absolute Gasteiger partial charge is 0.341 e. The second-order valence-corrected chi connectivity index (χ2v) is 7.75. The Kier molecular flexibility index (Phi) is 3.98. The van der Waals surface area contributed by atoms with E-state index in [4.69, 9.17) is 0 Å². The van der Waals surface area contributed by atoms with E-state index in [1.807, 2.05) is 4.90 Å². The fourth-order valence-electron chi connectivity index (χ4n) is 4.84. The monoisotopic (exact) mass is 334 g/mol. The smallest absolute Gasteiger partial charge is 0.325 e. The number of hydrogen-bond acceptors (Lipinski definition) is 4. The first-order valence-electron chi connectivity index (χ1n) is 9.22. The van der Waals surface area contributed by atoms with Gasteiger partial charge in [-0.2, -0.15) is 0 Å². The summed E-state index contributed by atoms with van der Waals surface area (Å²) in [6.45, 7) is 3.44. The second kappa shape index (κ2) is 6.02. The first kappa shape index (κ1) is 15.9. The van der Waals surface area contributed by atoms with Crippen LogP contribution in [0.2, 0.25) is 0 Å². The quantitative estimate of drug-likeness (QED) is 0.712. The number of carbonyl (C=O) groups is 3. The zero-order valence-corrected chi connectivity index (χ0v) is 14.1. The number of rotatable bonds is 2. The molecule has 3 heterocycles. The Morgan fingerprint density at radius 3 is 2.33 bits per heavy atom. The molecule has 132 valence electrons. The number of fused-ring (bicyclic) bond motifs is 1. The van der Waals surface area contributed by atoms with Crippen LogP contribution in [0, 0.1) is 11.8 Å². The molecule has 7 nitrogen and oxygen atoms in total. The topological polar surface area (TPSA) is 81.8 Å². The molecule has 0 radical (unpaired) electrons. The van der Waals surface area contributed by atoms with Gasteiger partial charge in [-0.25, -0.2) is 4.79 Å². The lowest BCUT2D eigenvalue weighted by Gasteiger charge is -2.24. The minimum absolute atomic E-state index is 0.0959. The fourth-order valence-corrected chi connectivity index (χ4v) is 4.84. The SMILES string of the molecule is O=C(CN1C(=O)NC2(CCCC2)C1=O)N1CC[C@@H]2CNC[C@@H]2CC1. The van der Waals surface area contributed by atoms with Gasteiger partial charge in [0.2, 0.25) is 5.91 Å². The summed E-state index contributed by atoms with van der Waals surface area (Å²) >= 11 is 0. The van der Waals surface area contributed by atoms with Crippen molar-refractivity contribution >= 4 is 17.8 Å². The van der Waals surface area contributed by atoms with Crippen LogP contribution in [0.3, 0.4) is 0 Å². The van der Waals surface area contributed by atoms with E-state index in [-0.39, 0.29) is 18.4 Å². The third-order valence-corrected chi connectivity index (χ3v) is 6.37. The Bertz CT molecular complexity index is 544. The fraction of sp³-hybridized carbons (Fsp3) is 0.824. The highest BCUT2D eigenvalue weighted by Crippen LogP contribution is 2.35. The van der Waals surface area contributed by atoms with Gasteiger partial charge in [-0.3, -0.25) is 14.5 Å². The Morgan fingerprint density at radius 2 is 1.71 bits per heavy atom. The van der Waals surface area contributed by atoms with E-state index in [0.717, 1.165) is 56.8 Å².